The summed E-state index contributed by atoms with van der Waals surface area (Å²) in [6.07, 6.45) is 3.47. The van der Waals surface area contributed by atoms with E-state index in [1.54, 1.807) is 18.2 Å². The van der Waals surface area contributed by atoms with Crippen LogP contribution in [0.15, 0.2) is 0 Å². The van der Waals surface area contributed by atoms with Gasteiger partial charge in [0.05, 0.1) is 11.4 Å². The third-order valence-electron chi connectivity index (χ3n) is 3.60. The van der Waals surface area contributed by atoms with E-state index in [2.05, 4.69) is 5.32 Å². The lowest BCUT2D eigenvalue weighted by Crippen LogP contribution is -2.46. The van der Waals surface area contributed by atoms with Gasteiger partial charge >= 0.3 is 6.09 Å². The lowest BCUT2D eigenvalue weighted by Gasteiger charge is -2.24. The quantitative estimate of drug-likeness (QED) is 0.853. The molecule has 1 heterocycles. The van der Waals surface area contributed by atoms with Crippen molar-refractivity contribution in [1.82, 2.24) is 9.62 Å². The van der Waals surface area contributed by atoms with E-state index in [0.717, 1.165) is 32.1 Å². The number of sulfonamides is 1. The zero-order valence-corrected chi connectivity index (χ0v) is 13.0. The maximum atomic E-state index is 12.3. The van der Waals surface area contributed by atoms with Crippen LogP contribution in [0.5, 0.6) is 0 Å². The van der Waals surface area contributed by atoms with Gasteiger partial charge in [-0.2, -0.15) is 4.31 Å². The standard InChI is InChI=1S/C13H24N2O4S/c1-10(2)19-13(16)14-11-5-3-4-8-15(9-11)20(17,18)12-6-7-12/h10-12H,3-9H2,1-2H3,(H,14,16)/t11-/m0/s1. The molecule has 6 nitrogen and oxygen atoms in total. The summed E-state index contributed by atoms with van der Waals surface area (Å²) in [6, 6.07) is -0.155. The molecule has 0 aromatic carbocycles. The van der Waals surface area contributed by atoms with Crippen molar-refractivity contribution in [2.24, 2.45) is 0 Å². The molecular weight excluding hydrogens is 280 g/mol. The summed E-state index contributed by atoms with van der Waals surface area (Å²) in [6.45, 7) is 4.51. The summed E-state index contributed by atoms with van der Waals surface area (Å²) in [5.74, 6) is 0. The predicted molar refractivity (Wildman–Crippen MR) is 75.9 cm³/mol. The Balaban J connectivity index is 1.95. The Bertz CT molecular complexity index is 445. The average Bonchev–Trinajstić information content (AvgIpc) is 3.15. The van der Waals surface area contributed by atoms with Crippen molar-refractivity contribution in [2.45, 2.75) is 63.3 Å². The molecule has 1 saturated heterocycles. The Morgan fingerprint density at radius 3 is 2.55 bits per heavy atom. The van der Waals surface area contributed by atoms with E-state index in [0.29, 0.717) is 13.1 Å². The maximum Gasteiger partial charge on any atom is 0.407 e. The molecule has 116 valence electrons. The van der Waals surface area contributed by atoms with Crippen LogP contribution in [-0.4, -0.2) is 49.3 Å². The first-order valence-corrected chi connectivity index (χ1v) is 8.86. The second-order valence-electron chi connectivity index (χ2n) is 5.89. The predicted octanol–water partition coefficient (Wildman–Crippen LogP) is 1.47. The van der Waals surface area contributed by atoms with Gasteiger partial charge in [0.2, 0.25) is 10.0 Å². The number of carbonyl (C=O) groups excluding carboxylic acids is 1. The molecule has 0 unspecified atom stereocenters. The van der Waals surface area contributed by atoms with E-state index in [1.807, 2.05) is 0 Å². The molecule has 0 aromatic heterocycles. The average molecular weight is 304 g/mol. The Kier molecular flexibility index (Phi) is 4.90. The van der Waals surface area contributed by atoms with Crippen LogP contribution in [0.2, 0.25) is 0 Å². The van der Waals surface area contributed by atoms with Gasteiger partial charge in [0.25, 0.3) is 0 Å². The first-order valence-electron chi connectivity index (χ1n) is 7.35. The molecule has 2 fully saturated rings. The van der Waals surface area contributed by atoms with E-state index in [9.17, 15) is 13.2 Å². The number of nitrogens with one attached hydrogen (secondary N) is 1. The van der Waals surface area contributed by atoms with Crippen molar-refractivity contribution < 1.29 is 17.9 Å². The fourth-order valence-corrected chi connectivity index (χ4v) is 4.37. The van der Waals surface area contributed by atoms with Gasteiger partial charge in [-0.25, -0.2) is 13.2 Å². The van der Waals surface area contributed by atoms with Crippen molar-refractivity contribution in [2.75, 3.05) is 13.1 Å². The first-order chi connectivity index (χ1) is 9.39. The SMILES string of the molecule is CC(C)OC(=O)N[C@H]1CCCCN(S(=O)(=O)C2CC2)C1. The monoisotopic (exact) mass is 304 g/mol. The second-order valence-corrected chi connectivity index (χ2v) is 8.11. The second kappa shape index (κ2) is 6.30. The number of carbonyl (C=O) groups is 1. The van der Waals surface area contributed by atoms with Crippen molar-refractivity contribution in [1.29, 1.82) is 0 Å². The molecule has 0 radical (unpaired) electrons. The summed E-state index contributed by atoms with van der Waals surface area (Å²) in [5.41, 5.74) is 0. The largest absolute Gasteiger partial charge is 0.447 e. The van der Waals surface area contributed by atoms with Gasteiger partial charge in [0.1, 0.15) is 0 Å². The van der Waals surface area contributed by atoms with Crippen molar-refractivity contribution in [3.05, 3.63) is 0 Å². The van der Waals surface area contributed by atoms with Crippen molar-refractivity contribution >= 4 is 16.1 Å². The highest BCUT2D eigenvalue weighted by atomic mass is 32.2. The van der Waals surface area contributed by atoms with Crippen LogP contribution in [0, 0.1) is 0 Å². The van der Waals surface area contributed by atoms with Crippen LogP contribution >= 0.6 is 0 Å². The van der Waals surface area contributed by atoms with E-state index >= 15 is 0 Å². The van der Waals surface area contributed by atoms with Gasteiger partial charge < -0.3 is 10.1 Å². The fraction of sp³-hybridized carbons (Fsp3) is 0.923. The van der Waals surface area contributed by atoms with E-state index in [4.69, 9.17) is 4.74 Å². The van der Waals surface area contributed by atoms with Gasteiger partial charge in [-0.3, -0.25) is 0 Å². The molecule has 7 heteroatoms. The van der Waals surface area contributed by atoms with Gasteiger partial charge in [-0.05, 0) is 39.5 Å². The van der Waals surface area contributed by atoms with Gasteiger partial charge in [0, 0.05) is 19.1 Å². The molecule has 2 aliphatic rings. The summed E-state index contributed by atoms with van der Waals surface area (Å²) < 4.78 is 31.2. The number of amides is 1. The van der Waals surface area contributed by atoms with E-state index < -0.39 is 16.1 Å². The molecule has 1 aliphatic heterocycles. The van der Waals surface area contributed by atoms with Crippen LogP contribution in [-0.2, 0) is 14.8 Å². The normalized spacial score (nSPS) is 25.2. The minimum atomic E-state index is -3.16. The number of nitrogens with zero attached hydrogens (tertiary/aromatic N) is 1. The molecule has 0 bridgehead atoms. The molecule has 1 N–H and O–H groups in total. The molecule has 0 aromatic rings. The Labute approximate surface area is 120 Å². The first kappa shape index (κ1) is 15.6. The molecule has 0 spiro atoms. The lowest BCUT2D eigenvalue weighted by atomic mass is 10.1. The Morgan fingerprint density at radius 2 is 1.95 bits per heavy atom. The summed E-state index contributed by atoms with van der Waals surface area (Å²) in [5, 5.41) is 2.59. The molecular formula is C13H24N2O4S. The highest BCUT2D eigenvalue weighted by Crippen LogP contribution is 2.32. The minimum Gasteiger partial charge on any atom is -0.447 e. The van der Waals surface area contributed by atoms with Crippen LogP contribution < -0.4 is 5.32 Å². The topological polar surface area (TPSA) is 75.7 Å². The van der Waals surface area contributed by atoms with Crippen LogP contribution in [0.1, 0.15) is 46.0 Å². The molecule has 1 aliphatic carbocycles. The van der Waals surface area contributed by atoms with Gasteiger partial charge in [-0.15, -0.1) is 0 Å². The fourth-order valence-electron chi connectivity index (χ4n) is 2.45. The highest BCUT2D eigenvalue weighted by molar-refractivity contribution is 7.90. The number of ether oxygens (including phenoxy) is 1. The molecule has 1 amide bonds. The van der Waals surface area contributed by atoms with E-state index in [1.165, 1.54) is 0 Å². The summed E-state index contributed by atoms with van der Waals surface area (Å²) in [4.78, 5) is 11.6. The minimum absolute atomic E-state index is 0.155. The molecule has 1 saturated carbocycles. The van der Waals surface area contributed by atoms with Gasteiger partial charge in [0.15, 0.2) is 0 Å². The number of hydrogen-bond donors (Lipinski definition) is 1. The number of hydrogen-bond acceptors (Lipinski definition) is 4. The molecule has 2 rings (SSSR count). The Hall–Kier alpha value is -0.820. The molecule has 1 atom stereocenters. The smallest absolute Gasteiger partial charge is 0.407 e. The third-order valence-corrected chi connectivity index (χ3v) is 5.97. The van der Waals surface area contributed by atoms with Crippen LogP contribution in [0.4, 0.5) is 4.79 Å². The number of rotatable bonds is 4. The van der Waals surface area contributed by atoms with Crippen LogP contribution in [0.3, 0.4) is 0 Å². The lowest BCUT2D eigenvalue weighted by molar-refractivity contribution is 0.111. The van der Waals surface area contributed by atoms with E-state index in [-0.39, 0.29) is 17.4 Å². The Morgan fingerprint density at radius 1 is 1.25 bits per heavy atom. The van der Waals surface area contributed by atoms with Crippen molar-refractivity contribution in [3.63, 3.8) is 0 Å². The number of alkyl carbamates (subject to hydrolysis) is 1. The zero-order valence-electron chi connectivity index (χ0n) is 12.2. The maximum absolute atomic E-state index is 12.3. The highest BCUT2D eigenvalue weighted by Gasteiger charge is 2.41. The van der Waals surface area contributed by atoms with Crippen molar-refractivity contribution in [3.8, 4) is 0 Å². The van der Waals surface area contributed by atoms with Crippen LogP contribution in [0.25, 0.3) is 0 Å². The summed E-state index contributed by atoms with van der Waals surface area (Å²) >= 11 is 0. The zero-order chi connectivity index (χ0) is 14.8. The molecule has 20 heavy (non-hydrogen) atoms. The van der Waals surface area contributed by atoms with Gasteiger partial charge in [-0.1, -0.05) is 6.42 Å². The summed E-state index contributed by atoms with van der Waals surface area (Å²) in [7, 11) is -3.16. The third kappa shape index (κ3) is 4.09.